The summed E-state index contributed by atoms with van der Waals surface area (Å²) in [5.41, 5.74) is 2.23. The van der Waals surface area contributed by atoms with Gasteiger partial charge in [-0.05, 0) is 19.0 Å². The van der Waals surface area contributed by atoms with Crippen molar-refractivity contribution in [2.45, 2.75) is 26.5 Å². The lowest BCUT2D eigenvalue weighted by Gasteiger charge is -2.13. The van der Waals surface area contributed by atoms with Crippen LogP contribution in [-0.2, 0) is 19.6 Å². The molecule has 0 atom stereocenters. The lowest BCUT2D eigenvalue weighted by molar-refractivity contribution is 0.299. The van der Waals surface area contributed by atoms with Crippen LogP contribution in [0.1, 0.15) is 23.7 Å². The molecule has 0 bridgehead atoms. The maximum Gasteiger partial charge on any atom is 0.220 e. The van der Waals surface area contributed by atoms with E-state index in [-0.39, 0.29) is 0 Å². The maximum absolute atomic E-state index is 13.9. The summed E-state index contributed by atoms with van der Waals surface area (Å²) in [7, 11) is 1.80. The second-order valence-electron chi connectivity index (χ2n) is 4.54. The number of rotatable bonds is 6. The number of halogens is 1. The molecule has 0 aliphatic heterocycles. The zero-order chi connectivity index (χ0) is 14.4. The van der Waals surface area contributed by atoms with Gasteiger partial charge < -0.3 is 10.1 Å². The summed E-state index contributed by atoms with van der Waals surface area (Å²) >= 11 is 0. The van der Waals surface area contributed by atoms with Gasteiger partial charge in [-0.1, -0.05) is 37.3 Å². The molecular weight excluding hydrogens is 255 g/mol. The van der Waals surface area contributed by atoms with Crippen LogP contribution in [0.2, 0.25) is 0 Å². The van der Waals surface area contributed by atoms with Gasteiger partial charge in [0, 0.05) is 18.2 Å². The molecule has 1 aromatic carbocycles. The third-order valence-corrected chi connectivity index (χ3v) is 3.03. The molecule has 0 radical (unpaired) electrons. The molecular formula is C16H19FN2O. The first kappa shape index (κ1) is 14.5. The van der Waals surface area contributed by atoms with E-state index in [0.717, 1.165) is 5.56 Å². The lowest BCUT2D eigenvalue weighted by Crippen LogP contribution is -2.10. The van der Waals surface area contributed by atoms with Gasteiger partial charge in [0.15, 0.2) is 0 Å². The fraction of sp³-hybridized carbons (Fsp3) is 0.312. The smallest absolute Gasteiger partial charge is 0.220 e. The van der Waals surface area contributed by atoms with Gasteiger partial charge in [0.25, 0.3) is 0 Å². The molecule has 2 rings (SSSR count). The van der Waals surface area contributed by atoms with Crippen molar-refractivity contribution in [3.8, 4) is 5.75 Å². The summed E-state index contributed by atoms with van der Waals surface area (Å²) in [5, 5.41) is 2.96. The minimum Gasteiger partial charge on any atom is -0.488 e. The van der Waals surface area contributed by atoms with E-state index in [1.807, 2.05) is 37.3 Å². The van der Waals surface area contributed by atoms with Gasteiger partial charge in [-0.2, -0.15) is 4.39 Å². The average Bonchev–Trinajstić information content (AvgIpc) is 2.46. The normalized spacial score (nSPS) is 10.6. The number of hydrogen-bond donors (Lipinski definition) is 1. The van der Waals surface area contributed by atoms with Crippen LogP contribution < -0.4 is 10.1 Å². The highest BCUT2D eigenvalue weighted by atomic mass is 19.1. The number of nitrogens with one attached hydrogen (secondary N) is 1. The van der Waals surface area contributed by atoms with E-state index in [1.165, 1.54) is 0 Å². The second-order valence-corrected chi connectivity index (χ2v) is 4.54. The summed E-state index contributed by atoms with van der Waals surface area (Å²) < 4.78 is 19.7. The standard InChI is InChI=1S/C16H19FN2O/c1-3-14-15(9-13(10-18-2)19-16(14)17)20-11-12-7-5-4-6-8-12/h4-9,18H,3,10-11H2,1-2H3. The largest absolute Gasteiger partial charge is 0.488 e. The fourth-order valence-corrected chi connectivity index (χ4v) is 2.02. The van der Waals surface area contributed by atoms with E-state index in [0.29, 0.717) is 36.6 Å². The van der Waals surface area contributed by atoms with E-state index in [2.05, 4.69) is 10.3 Å². The quantitative estimate of drug-likeness (QED) is 0.822. The fourth-order valence-electron chi connectivity index (χ4n) is 2.02. The van der Waals surface area contributed by atoms with Crippen LogP contribution in [0.5, 0.6) is 5.75 Å². The van der Waals surface area contributed by atoms with Crippen LogP contribution in [-0.4, -0.2) is 12.0 Å². The van der Waals surface area contributed by atoms with Crippen molar-refractivity contribution in [3.05, 3.63) is 59.2 Å². The molecule has 4 heteroatoms. The summed E-state index contributed by atoms with van der Waals surface area (Å²) in [6.07, 6.45) is 0.558. The molecule has 0 amide bonds. The van der Waals surface area contributed by atoms with Crippen LogP contribution in [0.3, 0.4) is 0 Å². The highest BCUT2D eigenvalue weighted by molar-refractivity contribution is 5.34. The first-order valence-electron chi connectivity index (χ1n) is 6.74. The Morgan fingerprint density at radius 2 is 2.00 bits per heavy atom. The first-order chi connectivity index (χ1) is 9.74. The number of pyridine rings is 1. The van der Waals surface area contributed by atoms with E-state index in [1.54, 1.807) is 13.1 Å². The van der Waals surface area contributed by atoms with Gasteiger partial charge in [-0.25, -0.2) is 4.98 Å². The van der Waals surface area contributed by atoms with Crippen LogP contribution in [0.25, 0.3) is 0 Å². The zero-order valence-corrected chi connectivity index (χ0v) is 11.8. The minimum atomic E-state index is -0.441. The van der Waals surface area contributed by atoms with E-state index < -0.39 is 5.95 Å². The predicted octanol–water partition coefficient (Wildman–Crippen LogP) is 3.08. The molecule has 0 spiro atoms. The molecule has 0 aliphatic carbocycles. The molecule has 3 nitrogen and oxygen atoms in total. The molecule has 0 fully saturated rings. The highest BCUT2D eigenvalue weighted by Gasteiger charge is 2.12. The summed E-state index contributed by atoms with van der Waals surface area (Å²) in [6, 6.07) is 11.6. The number of aromatic nitrogens is 1. The van der Waals surface area contributed by atoms with Crippen molar-refractivity contribution in [2.24, 2.45) is 0 Å². The molecule has 0 unspecified atom stereocenters. The van der Waals surface area contributed by atoms with Crippen LogP contribution >= 0.6 is 0 Å². The monoisotopic (exact) mass is 274 g/mol. The Labute approximate surface area is 118 Å². The zero-order valence-electron chi connectivity index (χ0n) is 11.8. The minimum absolute atomic E-state index is 0.427. The van der Waals surface area contributed by atoms with Crippen LogP contribution in [0.4, 0.5) is 4.39 Å². The number of ether oxygens (including phenoxy) is 1. The van der Waals surface area contributed by atoms with Gasteiger partial charge in [0.1, 0.15) is 12.4 Å². The van der Waals surface area contributed by atoms with Crippen molar-refractivity contribution >= 4 is 0 Å². The molecule has 2 aromatic rings. The van der Waals surface area contributed by atoms with Gasteiger partial charge in [0.05, 0.1) is 5.69 Å². The average molecular weight is 274 g/mol. The maximum atomic E-state index is 13.9. The van der Waals surface area contributed by atoms with E-state index in [9.17, 15) is 4.39 Å². The first-order valence-corrected chi connectivity index (χ1v) is 6.74. The Morgan fingerprint density at radius 1 is 1.25 bits per heavy atom. The summed E-state index contributed by atoms with van der Waals surface area (Å²) in [4.78, 5) is 3.94. The van der Waals surface area contributed by atoms with Gasteiger partial charge in [0.2, 0.25) is 5.95 Å². The Kier molecular flexibility index (Phi) is 5.07. The predicted molar refractivity (Wildman–Crippen MR) is 77.1 cm³/mol. The summed E-state index contributed by atoms with van der Waals surface area (Å²) in [5.74, 6) is 0.136. The van der Waals surface area contributed by atoms with Crippen molar-refractivity contribution in [3.63, 3.8) is 0 Å². The van der Waals surface area contributed by atoms with Crippen LogP contribution in [0, 0.1) is 5.95 Å². The Morgan fingerprint density at radius 3 is 2.65 bits per heavy atom. The summed E-state index contributed by atoms with van der Waals surface area (Å²) in [6.45, 7) is 2.84. The number of nitrogens with zero attached hydrogens (tertiary/aromatic N) is 1. The molecule has 106 valence electrons. The molecule has 0 saturated heterocycles. The van der Waals surface area contributed by atoms with Crippen molar-refractivity contribution in [1.29, 1.82) is 0 Å². The van der Waals surface area contributed by atoms with Crippen molar-refractivity contribution < 1.29 is 9.13 Å². The van der Waals surface area contributed by atoms with E-state index >= 15 is 0 Å². The molecule has 1 heterocycles. The highest BCUT2D eigenvalue weighted by Crippen LogP contribution is 2.23. The van der Waals surface area contributed by atoms with Gasteiger partial charge >= 0.3 is 0 Å². The number of benzene rings is 1. The van der Waals surface area contributed by atoms with Gasteiger partial charge in [-0.3, -0.25) is 0 Å². The molecule has 0 aliphatic rings. The molecule has 20 heavy (non-hydrogen) atoms. The topological polar surface area (TPSA) is 34.1 Å². The Hall–Kier alpha value is -1.94. The molecule has 1 aromatic heterocycles. The van der Waals surface area contributed by atoms with Crippen LogP contribution in [0.15, 0.2) is 36.4 Å². The number of hydrogen-bond acceptors (Lipinski definition) is 3. The van der Waals surface area contributed by atoms with Crippen molar-refractivity contribution in [1.82, 2.24) is 10.3 Å². The van der Waals surface area contributed by atoms with E-state index in [4.69, 9.17) is 4.74 Å². The van der Waals surface area contributed by atoms with Gasteiger partial charge in [-0.15, -0.1) is 0 Å². The van der Waals surface area contributed by atoms with Crippen molar-refractivity contribution in [2.75, 3.05) is 7.05 Å². The third kappa shape index (κ3) is 3.54. The lowest BCUT2D eigenvalue weighted by atomic mass is 10.1. The molecule has 0 saturated carbocycles. The SMILES string of the molecule is CCc1c(OCc2ccccc2)cc(CNC)nc1F. The second kappa shape index (κ2) is 7.01. The Bertz CT molecular complexity index is 558. The third-order valence-electron chi connectivity index (χ3n) is 3.03. The molecule has 1 N–H and O–H groups in total. The Balaban J connectivity index is 2.20.